The van der Waals surface area contributed by atoms with Gasteiger partial charge in [0.2, 0.25) is 0 Å². The molecule has 1 fully saturated rings. The molecule has 0 radical (unpaired) electrons. The van der Waals surface area contributed by atoms with Crippen molar-refractivity contribution in [1.29, 1.82) is 0 Å². The maximum atomic E-state index is 14.8. The van der Waals surface area contributed by atoms with Gasteiger partial charge in [-0.2, -0.15) is 5.10 Å². The Balaban J connectivity index is 1.69. The molecule has 2 heterocycles. The first-order valence-electron chi connectivity index (χ1n) is 11.8. The molecular formula is C24H30F3N7O. The Hall–Kier alpha value is -3.34. The molecule has 4 rings (SSSR count). The molecule has 0 unspecified atom stereocenters. The van der Waals surface area contributed by atoms with Crippen molar-refractivity contribution < 1.29 is 18.0 Å². The zero-order valence-electron chi connectivity index (χ0n) is 19.5. The summed E-state index contributed by atoms with van der Waals surface area (Å²) in [7, 11) is 0. The minimum absolute atomic E-state index is 0.0163. The van der Waals surface area contributed by atoms with Gasteiger partial charge in [-0.25, -0.2) is 18.2 Å². The SMILES string of the molecule is CCCc1nn(CC(F)F)c2ccc(Nc3nc(N[C@@H]4CCCC[C@@H]4N)c(F)cc3C(N)=O)cc12. The van der Waals surface area contributed by atoms with E-state index in [4.69, 9.17) is 11.5 Å². The zero-order valence-corrected chi connectivity index (χ0v) is 19.5. The third-order valence-electron chi connectivity index (χ3n) is 6.27. The Labute approximate surface area is 201 Å². The number of hydrogen-bond donors (Lipinski definition) is 4. The minimum Gasteiger partial charge on any atom is -0.365 e. The average molecular weight is 490 g/mol. The summed E-state index contributed by atoms with van der Waals surface area (Å²) in [4.78, 5) is 16.4. The lowest BCUT2D eigenvalue weighted by Gasteiger charge is -2.30. The molecule has 3 aromatic rings. The van der Waals surface area contributed by atoms with Gasteiger partial charge in [-0.15, -0.1) is 0 Å². The number of hydrogen-bond acceptors (Lipinski definition) is 6. The largest absolute Gasteiger partial charge is 0.365 e. The summed E-state index contributed by atoms with van der Waals surface area (Å²) in [5.41, 5.74) is 13.4. The smallest absolute Gasteiger partial charge is 0.257 e. The Kier molecular flexibility index (Phi) is 7.44. The van der Waals surface area contributed by atoms with E-state index in [0.29, 0.717) is 28.7 Å². The monoisotopic (exact) mass is 489 g/mol. The molecule has 0 spiro atoms. The molecule has 1 aliphatic carbocycles. The molecule has 188 valence electrons. The van der Waals surface area contributed by atoms with E-state index in [1.54, 1.807) is 18.2 Å². The fourth-order valence-electron chi connectivity index (χ4n) is 4.54. The van der Waals surface area contributed by atoms with Crippen LogP contribution in [0.3, 0.4) is 0 Å². The topological polar surface area (TPSA) is 124 Å². The predicted molar refractivity (Wildman–Crippen MR) is 130 cm³/mol. The van der Waals surface area contributed by atoms with Crippen LogP contribution in [0.2, 0.25) is 0 Å². The van der Waals surface area contributed by atoms with Gasteiger partial charge in [0, 0.05) is 23.2 Å². The molecule has 35 heavy (non-hydrogen) atoms. The van der Waals surface area contributed by atoms with Crippen LogP contribution in [0.1, 0.15) is 55.1 Å². The first-order valence-corrected chi connectivity index (χ1v) is 11.8. The number of nitrogens with two attached hydrogens (primary N) is 2. The minimum atomic E-state index is -2.53. The number of nitrogens with one attached hydrogen (secondary N) is 2. The maximum Gasteiger partial charge on any atom is 0.257 e. The quantitative estimate of drug-likeness (QED) is 0.355. The van der Waals surface area contributed by atoms with Gasteiger partial charge in [0.15, 0.2) is 11.6 Å². The molecule has 0 aliphatic heterocycles. The molecule has 1 amide bonds. The summed E-state index contributed by atoms with van der Waals surface area (Å²) in [5.74, 6) is -1.46. The highest BCUT2D eigenvalue weighted by Crippen LogP contribution is 2.29. The van der Waals surface area contributed by atoms with Crippen molar-refractivity contribution >= 4 is 34.1 Å². The summed E-state index contributed by atoms with van der Waals surface area (Å²) in [6.07, 6.45) is 2.52. The van der Waals surface area contributed by atoms with Gasteiger partial charge in [-0.3, -0.25) is 9.48 Å². The number of pyridine rings is 1. The van der Waals surface area contributed by atoms with Crippen LogP contribution in [0.25, 0.3) is 10.9 Å². The van der Waals surface area contributed by atoms with Crippen LogP contribution in [0.4, 0.5) is 30.5 Å². The number of rotatable bonds is 9. The molecule has 1 aromatic carbocycles. The van der Waals surface area contributed by atoms with Crippen molar-refractivity contribution in [2.24, 2.45) is 11.5 Å². The van der Waals surface area contributed by atoms with Crippen LogP contribution < -0.4 is 22.1 Å². The molecule has 6 N–H and O–H groups in total. The maximum absolute atomic E-state index is 14.8. The van der Waals surface area contributed by atoms with Crippen molar-refractivity contribution in [2.75, 3.05) is 10.6 Å². The Morgan fingerprint density at radius 1 is 1.23 bits per heavy atom. The number of aromatic nitrogens is 3. The second-order valence-corrected chi connectivity index (χ2v) is 8.91. The number of primary amides is 1. The second-order valence-electron chi connectivity index (χ2n) is 8.91. The Morgan fingerprint density at radius 3 is 2.69 bits per heavy atom. The highest BCUT2D eigenvalue weighted by Gasteiger charge is 2.24. The summed E-state index contributed by atoms with van der Waals surface area (Å²) in [6.45, 7) is 1.48. The molecule has 2 aromatic heterocycles. The van der Waals surface area contributed by atoms with E-state index in [9.17, 15) is 18.0 Å². The lowest BCUT2D eigenvalue weighted by molar-refractivity contribution is 0.1000. The van der Waals surface area contributed by atoms with E-state index in [2.05, 4.69) is 20.7 Å². The van der Waals surface area contributed by atoms with Gasteiger partial charge >= 0.3 is 0 Å². The van der Waals surface area contributed by atoms with Gasteiger partial charge < -0.3 is 22.1 Å². The number of nitrogens with zero attached hydrogens (tertiary/aromatic N) is 3. The van der Waals surface area contributed by atoms with Gasteiger partial charge in [0.1, 0.15) is 12.4 Å². The third-order valence-corrected chi connectivity index (χ3v) is 6.27. The predicted octanol–water partition coefficient (Wildman–Crippen LogP) is 4.31. The van der Waals surface area contributed by atoms with Crippen molar-refractivity contribution in [1.82, 2.24) is 14.8 Å². The van der Waals surface area contributed by atoms with Gasteiger partial charge in [-0.05, 0) is 43.5 Å². The molecule has 8 nitrogen and oxygen atoms in total. The summed E-state index contributed by atoms with van der Waals surface area (Å²) >= 11 is 0. The Bertz CT molecular complexity index is 1210. The van der Waals surface area contributed by atoms with Crippen LogP contribution in [0.5, 0.6) is 0 Å². The molecule has 11 heteroatoms. The number of benzene rings is 1. The summed E-state index contributed by atoms with van der Waals surface area (Å²) < 4.78 is 42.1. The fraction of sp³-hybridized carbons (Fsp3) is 0.458. The Morgan fingerprint density at radius 2 is 2.00 bits per heavy atom. The molecular weight excluding hydrogens is 459 g/mol. The number of alkyl halides is 2. The summed E-state index contributed by atoms with van der Waals surface area (Å²) in [6, 6.07) is 5.90. The van der Waals surface area contributed by atoms with Crippen molar-refractivity contribution in [3.63, 3.8) is 0 Å². The van der Waals surface area contributed by atoms with E-state index in [1.807, 2.05) is 6.92 Å². The average Bonchev–Trinajstić information content (AvgIpc) is 3.13. The van der Waals surface area contributed by atoms with Gasteiger partial charge in [-0.1, -0.05) is 26.2 Å². The van der Waals surface area contributed by atoms with Crippen molar-refractivity contribution in [3.8, 4) is 0 Å². The van der Waals surface area contributed by atoms with Crippen LogP contribution in [-0.4, -0.2) is 39.2 Å². The highest BCUT2D eigenvalue weighted by molar-refractivity contribution is 5.99. The van der Waals surface area contributed by atoms with Gasteiger partial charge in [0.25, 0.3) is 12.3 Å². The third kappa shape index (κ3) is 5.50. The molecule has 2 atom stereocenters. The first-order chi connectivity index (χ1) is 16.8. The number of anilines is 3. The number of carbonyl (C=O) groups excluding carboxylic acids is 1. The van der Waals surface area contributed by atoms with E-state index >= 15 is 0 Å². The summed E-state index contributed by atoms with van der Waals surface area (Å²) in [5, 5.41) is 11.2. The van der Waals surface area contributed by atoms with Crippen LogP contribution in [0.15, 0.2) is 24.3 Å². The van der Waals surface area contributed by atoms with Crippen molar-refractivity contribution in [2.45, 2.75) is 70.5 Å². The van der Waals surface area contributed by atoms with E-state index in [0.717, 1.165) is 38.2 Å². The van der Waals surface area contributed by atoms with E-state index < -0.39 is 24.7 Å². The highest BCUT2D eigenvalue weighted by atomic mass is 19.3. The number of aryl methyl sites for hydroxylation is 1. The van der Waals surface area contributed by atoms with Crippen LogP contribution in [0, 0.1) is 5.82 Å². The van der Waals surface area contributed by atoms with Crippen LogP contribution in [-0.2, 0) is 13.0 Å². The normalized spacial score (nSPS) is 18.2. The number of amides is 1. The zero-order chi connectivity index (χ0) is 25.1. The van der Waals surface area contributed by atoms with E-state index in [-0.39, 0.29) is 29.3 Å². The lowest BCUT2D eigenvalue weighted by Crippen LogP contribution is -2.43. The lowest BCUT2D eigenvalue weighted by atomic mass is 9.91. The van der Waals surface area contributed by atoms with Crippen LogP contribution >= 0.6 is 0 Å². The number of fused-ring (bicyclic) bond motifs is 1. The fourth-order valence-corrected chi connectivity index (χ4v) is 4.54. The molecule has 1 saturated carbocycles. The van der Waals surface area contributed by atoms with E-state index in [1.165, 1.54) is 4.68 Å². The second kappa shape index (κ2) is 10.5. The number of carbonyl (C=O) groups is 1. The number of halogens is 3. The van der Waals surface area contributed by atoms with Gasteiger partial charge in [0.05, 0.1) is 16.8 Å². The first kappa shape index (κ1) is 24.8. The molecule has 0 saturated heterocycles. The standard InChI is InChI=1S/C24H30F3N7O/c1-2-5-18-14-10-13(8-9-20(14)34(33-18)12-21(26)27)30-23-15(22(29)35)11-16(25)24(32-23)31-19-7-4-3-6-17(19)28/h8-11,17,19,21H,2-7,12,28H2,1H3,(H2,29,35)(H2,30,31,32)/t17-,19+/m0/s1. The molecule has 0 bridgehead atoms. The van der Waals surface area contributed by atoms with Crippen molar-refractivity contribution in [3.05, 3.63) is 41.3 Å². The molecule has 1 aliphatic rings.